The van der Waals surface area contributed by atoms with Crippen LogP contribution in [0.5, 0.6) is 5.75 Å². The van der Waals surface area contributed by atoms with E-state index in [2.05, 4.69) is 10.3 Å². The summed E-state index contributed by atoms with van der Waals surface area (Å²) in [5.41, 5.74) is 1.24. The molecule has 0 aliphatic carbocycles. The monoisotopic (exact) mass is 458 g/mol. The van der Waals surface area contributed by atoms with E-state index in [1.165, 1.54) is 16.6 Å². The Morgan fingerprint density at radius 1 is 1.16 bits per heavy atom. The molecule has 1 N–H and O–H groups in total. The van der Waals surface area contributed by atoms with Crippen LogP contribution in [-0.4, -0.2) is 56.8 Å². The fourth-order valence-corrected chi connectivity index (χ4v) is 3.97. The smallest absolute Gasteiger partial charge is 0.431 e. The summed E-state index contributed by atoms with van der Waals surface area (Å²) in [5, 5.41) is 19.1. The Labute approximate surface area is 190 Å². The third-order valence-electron chi connectivity index (χ3n) is 4.40. The average Bonchev–Trinajstić information content (AvgIpc) is 3.16. The van der Waals surface area contributed by atoms with E-state index in [0.717, 1.165) is 16.3 Å². The highest BCUT2D eigenvalue weighted by Crippen LogP contribution is 2.21. The molecule has 0 saturated heterocycles. The molecule has 1 amide bonds. The van der Waals surface area contributed by atoms with Crippen LogP contribution in [0.25, 0.3) is 11.0 Å². The minimum Gasteiger partial charge on any atom is -0.497 e. The molecule has 2 aromatic carbocycles. The minimum absolute atomic E-state index is 0.120. The van der Waals surface area contributed by atoms with E-state index in [4.69, 9.17) is 9.47 Å². The van der Waals surface area contributed by atoms with Gasteiger partial charge in [-0.1, -0.05) is 24.3 Å². The number of fused-ring (bicyclic) bond motifs is 1. The Morgan fingerprint density at radius 2 is 1.84 bits per heavy atom. The van der Waals surface area contributed by atoms with Crippen molar-refractivity contribution in [1.82, 2.24) is 15.1 Å². The van der Waals surface area contributed by atoms with Gasteiger partial charge in [0.1, 0.15) is 22.4 Å². The summed E-state index contributed by atoms with van der Waals surface area (Å²) in [6.07, 6.45) is -0.814. The predicted octanol–water partition coefficient (Wildman–Crippen LogP) is 3.70. The molecule has 10 heteroatoms. The number of benzene rings is 2. The van der Waals surface area contributed by atoms with Crippen molar-refractivity contribution < 1.29 is 24.2 Å². The summed E-state index contributed by atoms with van der Waals surface area (Å²) in [5.74, 6) is 0.261. The Balaban J connectivity index is 1.87. The number of carboxylic acids is 1. The van der Waals surface area contributed by atoms with Crippen LogP contribution in [0.1, 0.15) is 26.3 Å². The van der Waals surface area contributed by atoms with Crippen molar-refractivity contribution >= 4 is 34.9 Å². The van der Waals surface area contributed by atoms with Gasteiger partial charge in [0, 0.05) is 11.5 Å². The second-order valence-electron chi connectivity index (χ2n) is 8.01. The lowest BCUT2D eigenvalue weighted by Crippen LogP contribution is -2.55. The van der Waals surface area contributed by atoms with Crippen LogP contribution in [-0.2, 0) is 15.3 Å². The molecule has 0 bridgehead atoms. The molecular weight excluding hydrogens is 432 g/mol. The van der Waals surface area contributed by atoms with Crippen LogP contribution >= 0.6 is 11.8 Å². The van der Waals surface area contributed by atoms with Gasteiger partial charge in [-0.2, -0.15) is 16.8 Å². The van der Waals surface area contributed by atoms with Gasteiger partial charge in [0.2, 0.25) is 0 Å². The molecule has 0 aliphatic rings. The first-order valence-corrected chi connectivity index (χ1v) is 11.1. The van der Waals surface area contributed by atoms with Crippen molar-refractivity contribution in [3.05, 3.63) is 54.1 Å². The molecule has 9 nitrogen and oxygen atoms in total. The standard InChI is InChI=1S/C22H26N4O5S/c1-22(2,3)31-21(29)25(26-18-8-6-5-7-17(18)23-24-26)19(20(27)28)14-32-13-15-9-11-16(30-4)12-10-15/h5-12,19H,13-14H2,1-4H3,(H,27,28)/t19-/m0/s1. The van der Waals surface area contributed by atoms with E-state index in [0.29, 0.717) is 16.8 Å². The van der Waals surface area contributed by atoms with Gasteiger partial charge in [-0.3, -0.25) is 0 Å². The number of aromatic nitrogens is 3. The number of amides is 1. The number of carbonyl (C=O) groups is 2. The zero-order valence-electron chi connectivity index (χ0n) is 18.4. The Hall–Kier alpha value is -3.27. The second-order valence-corrected chi connectivity index (χ2v) is 9.04. The summed E-state index contributed by atoms with van der Waals surface area (Å²) in [6, 6.07) is 13.3. The Bertz CT molecular complexity index is 1080. The number of ether oxygens (including phenoxy) is 2. The molecule has 170 valence electrons. The number of aliphatic carboxylic acids is 1. The van der Waals surface area contributed by atoms with E-state index < -0.39 is 23.7 Å². The molecule has 0 fully saturated rings. The maximum Gasteiger partial charge on any atom is 0.431 e. The molecule has 3 rings (SSSR count). The molecule has 1 atom stereocenters. The molecule has 0 aliphatic heterocycles. The van der Waals surface area contributed by atoms with Gasteiger partial charge in [-0.15, -0.1) is 9.89 Å². The number of rotatable bonds is 8. The number of nitrogens with zero attached hydrogens (tertiary/aromatic N) is 4. The van der Waals surface area contributed by atoms with Crippen molar-refractivity contribution in [3.8, 4) is 5.75 Å². The lowest BCUT2D eigenvalue weighted by Gasteiger charge is -2.30. The summed E-state index contributed by atoms with van der Waals surface area (Å²) < 4.78 is 10.7. The van der Waals surface area contributed by atoms with Crippen LogP contribution in [0.4, 0.5) is 4.79 Å². The number of methoxy groups -OCH3 is 1. The molecule has 1 heterocycles. The van der Waals surface area contributed by atoms with Crippen LogP contribution in [0.2, 0.25) is 0 Å². The van der Waals surface area contributed by atoms with Gasteiger partial charge in [-0.25, -0.2) is 9.59 Å². The van der Waals surface area contributed by atoms with E-state index >= 15 is 0 Å². The number of carboxylic acid groups (broad SMARTS) is 1. The van der Waals surface area contributed by atoms with Gasteiger partial charge in [0.15, 0.2) is 6.04 Å². The summed E-state index contributed by atoms with van der Waals surface area (Å²) in [7, 11) is 1.60. The largest absolute Gasteiger partial charge is 0.497 e. The summed E-state index contributed by atoms with van der Waals surface area (Å²) in [6.45, 7) is 5.16. The zero-order valence-corrected chi connectivity index (χ0v) is 19.2. The fraction of sp³-hybridized carbons (Fsp3) is 0.364. The van der Waals surface area contributed by atoms with Gasteiger partial charge >= 0.3 is 12.1 Å². The number of hydrogen-bond donors (Lipinski definition) is 1. The van der Waals surface area contributed by atoms with E-state index in [1.807, 2.05) is 24.3 Å². The van der Waals surface area contributed by atoms with Crippen LogP contribution in [0.3, 0.4) is 0 Å². The first-order valence-electron chi connectivity index (χ1n) is 9.96. The van der Waals surface area contributed by atoms with Crippen molar-refractivity contribution in [2.75, 3.05) is 17.9 Å². The minimum atomic E-state index is -1.22. The SMILES string of the molecule is COc1ccc(CSC[C@@H](C(=O)O)N(C(=O)OC(C)(C)C)n2nnc3ccccc32)cc1. The van der Waals surface area contributed by atoms with E-state index in [-0.39, 0.29) is 5.75 Å². The van der Waals surface area contributed by atoms with Crippen molar-refractivity contribution in [3.63, 3.8) is 0 Å². The first kappa shape index (κ1) is 23.4. The maximum atomic E-state index is 13.1. The van der Waals surface area contributed by atoms with Gasteiger partial charge in [0.25, 0.3) is 0 Å². The van der Waals surface area contributed by atoms with Gasteiger partial charge in [-0.05, 0) is 55.8 Å². The van der Waals surface area contributed by atoms with E-state index in [9.17, 15) is 14.7 Å². The average molecular weight is 459 g/mol. The van der Waals surface area contributed by atoms with Gasteiger partial charge < -0.3 is 14.6 Å². The summed E-state index contributed by atoms with van der Waals surface area (Å²) >= 11 is 1.39. The molecular formula is C22H26N4O5S. The highest BCUT2D eigenvalue weighted by Gasteiger charge is 2.36. The number of para-hydroxylation sites is 1. The highest BCUT2D eigenvalue weighted by molar-refractivity contribution is 7.98. The fourth-order valence-electron chi connectivity index (χ4n) is 2.92. The molecule has 0 unspecified atom stereocenters. The number of hydrogen-bond acceptors (Lipinski definition) is 7. The van der Waals surface area contributed by atoms with Crippen molar-refractivity contribution in [2.45, 2.75) is 38.2 Å². The van der Waals surface area contributed by atoms with Crippen LogP contribution in [0.15, 0.2) is 48.5 Å². The Kier molecular flexibility index (Phi) is 7.24. The quantitative estimate of drug-likeness (QED) is 0.545. The lowest BCUT2D eigenvalue weighted by molar-refractivity contribution is -0.138. The van der Waals surface area contributed by atoms with E-state index in [1.54, 1.807) is 52.1 Å². The maximum absolute atomic E-state index is 13.1. The van der Waals surface area contributed by atoms with Crippen molar-refractivity contribution in [1.29, 1.82) is 0 Å². The highest BCUT2D eigenvalue weighted by atomic mass is 32.2. The van der Waals surface area contributed by atoms with Crippen LogP contribution < -0.4 is 9.75 Å². The summed E-state index contributed by atoms with van der Waals surface area (Å²) in [4.78, 5) is 26.5. The zero-order chi connectivity index (χ0) is 23.3. The van der Waals surface area contributed by atoms with Gasteiger partial charge in [0.05, 0.1) is 7.11 Å². The van der Waals surface area contributed by atoms with Crippen molar-refractivity contribution in [2.24, 2.45) is 0 Å². The lowest BCUT2D eigenvalue weighted by atomic mass is 10.2. The molecule has 32 heavy (non-hydrogen) atoms. The normalized spacial score (nSPS) is 12.4. The molecule has 0 radical (unpaired) electrons. The predicted molar refractivity (Wildman–Crippen MR) is 123 cm³/mol. The third-order valence-corrected chi connectivity index (χ3v) is 5.49. The Morgan fingerprint density at radius 3 is 2.47 bits per heavy atom. The molecule has 0 saturated carbocycles. The molecule has 1 aromatic heterocycles. The first-order chi connectivity index (χ1) is 15.2. The topological polar surface area (TPSA) is 107 Å². The third kappa shape index (κ3) is 5.70. The number of thioether (sulfide) groups is 1. The molecule has 0 spiro atoms. The van der Waals surface area contributed by atoms with Crippen LogP contribution in [0, 0.1) is 0 Å². The molecule has 3 aromatic rings. The number of carbonyl (C=O) groups excluding carboxylic acids is 1. The second kappa shape index (κ2) is 9.90.